The van der Waals surface area contributed by atoms with Crippen LogP contribution in [0, 0.1) is 5.82 Å². The van der Waals surface area contributed by atoms with Crippen molar-refractivity contribution in [3.05, 3.63) is 41.8 Å². The molecular formula is C16H20FN5. The van der Waals surface area contributed by atoms with E-state index in [2.05, 4.69) is 25.8 Å². The molecule has 1 aliphatic rings. The van der Waals surface area contributed by atoms with Gasteiger partial charge in [-0.05, 0) is 18.9 Å². The lowest BCUT2D eigenvalue weighted by molar-refractivity contribution is 0.461. The second kappa shape index (κ2) is 7.15. The van der Waals surface area contributed by atoms with Gasteiger partial charge >= 0.3 is 0 Å². The van der Waals surface area contributed by atoms with Crippen LogP contribution in [0.3, 0.4) is 0 Å². The van der Waals surface area contributed by atoms with E-state index in [-0.39, 0.29) is 5.82 Å². The van der Waals surface area contributed by atoms with Crippen molar-refractivity contribution < 1.29 is 4.39 Å². The number of nitrogens with one attached hydrogen (secondary N) is 2. The first-order chi connectivity index (χ1) is 10.8. The second-order valence-electron chi connectivity index (χ2n) is 5.59. The lowest BCUT2D eigenvalue weighted by atomic mass is 9.96. The summed E-state index contributed by atoms with van der Waals surface area (Å²) in [5.41, 5.74) is 0.580. The molecule has 1 fully saturated rings. The highest BCUT2D eigenvalue weighted by Gasteiger charge is 2.14. The van der Waals surface area contributed by atoms with Gasteiger partial charge in [-0.3, -0.25) is 0 Å². The fraction of sp³-hybridized carbons (Fsp3) is 0.438. The molecule has 6 heteroatoms. The Morgan fingerprint density at radius 3 is 2.77 bits per heavy atom. The molecule has 0 bridgehead atoms. The van der Waals surface area contributed by atoms with E-state index in [0.717, 1.165) is 5.82 Å². The summed E-state index contributed by atoms with van der Waals surface area (Å²) in [5, 5.41) is 14.3. The van der Waals surface area contributed by atoms with Crippen molar-refractivity contribution in [2.75, 3.05) is 10.6 Å². The quantitative estimate of drug-likeness (QED) is 0.886. The first-order valence-electron chi connectivity index (χ1n) is 7.75. The van der Waals surface area contributed by atoms with Crippen molar-refractivity contribution in [3.63, 3.8) is 0 Å². The van der Waals surface area contributed by atoms with Gasteiger partial charge in [-0.1, -0.05) is 37.5 Å². The van der Waals surface area contributed by atoms with Gasteiger partial charge in [0.25, 0.3) is 0 Å². The molecule has 22 heavy (non-hydrogen) atoms. The van der Waals surface area contributed by atoms with E-state index in [9.17, 15) is 4.39 Å². The lowest BCUT2D eigenvalue weighted by Gasteiger charge is -2.23. The van der Waals surface area contributed by atoms with E-state index in [4.69, 9.17) is 0 Å². The van der Waals surface area contributed by atoms with E-state index >= 15 is 0 Å². The summed E-state index contributed by atoms with van der Waals surface area (Å²) in [6, 6.07) is 7.12. The van der Waals surface area contributed by atoms with E-state index in [1.165, 1.54) is 38.2 Å². The average Bonchev–Trinajstić information content (AvgIpc) is 2.55. The molecule has 116 valence electrons. The number of halogens is 1. The van der Waals surface area contributed by atoms with Crippen LogP contribution in [0.1, 0.15) is 37.7 Å². The number of aromatic nitrogens is 3. The molecule has 0 unspecified atom stereocenters. The molecule has 0 spiro atoms. The Morgan fingerprint density at radius 1 is 1.14 bits per heavy atom. The van der Waals surface area contributed by atoms with Crippen molar-refractivity contribution >= 4 is 11.8 Å². The highest BCUT2D eigenvalue weighted by Crippen LogP contribution is 2.20. The van der Waals surface area contributed by atoms with Crippen LogP contribution in [0.5, 0.6) is 0 Å². The Morgan fingerprint density at radius 2 is 1.95 bits per heavy atom. The van der Waals surface area contributed by atoms with Crippen molar-refractivity contribution in [1.82, 2.24) is 15.2 Å². The van der Waals surface area contributed by atoms with Crippen LogP contribution in [0.4, 0.5) is 16.2 Å². The third kappa shape index (κ3) is 3.90. The predicted molar refractivity (Wildman–Crippen MR) is 84.0 cm³/mol. The van der Waals surface area contributed by atoms with Gasteiger partial charge in [0.15, 0.2) is 5.82 Å². The van der Waals surface area contributed by atoms with Gasteiger partial charge in [0.2, 0.25) is 5.95 Å². The van der Waals surface area contributed by atoms with Gasteiger partial charge in [0.05, 0.1) is 6.20 Å². The van der Waals surface area contributed by atoms with Crippen LogP contribution in [0.25, 0.3) is 0 Å². The minimum atomic E-state index is -0.237. The van der Waals surface area contributed by atoms with E-state index in [0.29, 0.717) is 24.1 Å². The van der Waals surface area contributed by atoms with E-state index in [1.807, 2.05) is 0 Å². The Balaban J connectivity index is 1.60. The number of nitrogens with zero attached hydrogens (tertiary/aromatic N) is 3. The Hall–Kier alpha value is -2.24. The first kappa shape index (κ1) is 14.7. The number of anilines is 2. The molecule has 1 aromatic heterocycles. The smallest absolute Gasteiger partial charge is 0.244 e. The molecular weight excluding hydrogens is 281 g/mol. The monoisotopic (exact) mass is 301 g/mol. The van der Waals surface area contributed by atoms with Crippen molar-refractivity contribution in [2.24, 2.45) is 0 Å². The minimum absolute atomic E-state index is 0.237. The molecule has 1 saturated carbocycles. The summed E-state index contributed by atoms with van der Waals surface area (Å²) in [4.78, 5) is 4.39. The standard InChI is InChI=1S/C16H20FN5/c17-14-9-5-4-6-12(14)10-18-16-21-15(11-19-22-16)20-13-7-2-1-3-8-13/h4-6,9,11,13H,1-3,7-8,10H2,(H2,18,20,21,22). The van der Waals surface area contributed by atoms with Crippen molar-refractivity contribution in [2.45, 2.75) is 44.7 Å². The van der Waals surface area contributed by atoms with Crippen molar-refractivity contribution in [1.29, 1.82) is 0 Å². The number of hydrogen-bond acceptors (Lipinski definition) is 5. The molecule has 0 atom stereocenters. The molecule has 0 radical (unpaired) electrons. The molecule has 1 aromatic carbocycles. The third-order valence-corrected chi connectivity index (χ3v) is 3.91. The molecule has 0 aliphatic heterocycles. The van der Waals surface area contributed by atoms with Crippen LogP contribution in [0.15, 0.2) is 30.5 Å². The normalized spacial score (nSPS) is 15.5. The van der Waals surface area contributed by atoms with Gasteiger partial charge in [-0.25, -0.2) is 4.39 Å². The van der Waals surface area contributed by atoms with Crippen LogP contribution in [0.2, 0.25) is 0 Å². The zero-order valence-electron chi connectivity index (χ0n) is 12.4. The minimum Gasteiger partial charge on any atom is -0.366 e. The van der Waals surface area contributed by atoms with Crippen LogP contribution in [-0.4, -0.2) is 21.2 Å². The SMILES string of the molecule is Fc1ccccc1CNc1nncc(NC2CCCCC2)n1. The van der Waals surface area contributed by atoms with Crippen LogP contribution in [-0.2, 0) is 6.54 Å². The highest BCUT2D eigenvalue weighted by molar-refractivity contribution is 5.38. The zero-order valence-corrected chi connectivity index (χ0v) is 12.4. The summed E-state index contributed by atoms with van der Waals surface area (Å²) in [5.74, 6) is 0.890. The molecule has 0 saturated heterocycles. The van der Waals surface area contributed by atoms with Gasteiger partial charge in [0, 0.05) is 18.2 Å². The van der Waals surface area contributed by atoms with E-state index in [1.54, 1.807) is 24.4 Å². The van der Waals surface area contributed by atoms with E-state index < -0.39 is 0 Å². The van der Waals surface area contributed by atoms with Gasteiger partial charge in [0.1, 0.15) is 5.82 Å². The number of hydrogen-bond donors (Lipinski definition) is 2. The van der Waals surface area contributed by atoms with Gasteiger partial charge < -0.3 is 10.6 Å². The van der Waals surface area contributed by atoms with Crippen LogP contribution >= 0.6 is 0 Å². The Bertz CT molecular complexity index is 613. The molecule has 1 aliphatic carbocycles. The molecule has 3 rings (SSSR count). The van der Waals surface area contributed by atoms with Crippen LogP contribution < -0.4 is 10.6 Å². The predicted octanol–water partition coefficient (Wildman–Crippen LogP) is 3.37. The first-order valence-corrected chi connectivity index (χ1v) is 7.75. The summed E-state index contributed by atoms with van der Waals surface area (Å²) in [6.07, 6.45) is 7.80. The topological polar surface area (TPSA) is 62.7 Å². The molecule has 2 N–H and O–H groups in total. The van der Waals surface area contributed by atoms with Gasteiger partial charge in [-0.2, -0.15) is 10.1 Å². The Labute approximate surface area is 129 Å². The second-order valence-corrected chi connectivity index (χ2v) is 5.59. The Kier molecular flexibility index (Phi) is 4.78. The fourth-order valence-corrected chi connectivity index (χ4v) is 2.72. The average molecular weight is 301 g/mol. The summed E-state index contributed by atoms with van der Waals surface area (Å²) in [7, 11) is 0. The molecule has 1 heterocycles. The highest BCUT2D eigenvalue weighted by atomic mass is 19.1. The third-order valence-electron chi connectivity index (χ3n) is 3.91. The summed E-state index contributed by atoms with van der Waals surface area (Å²) >= 11 is 0. The maximum Gasteiger partial charge on any atom is 0.244 e. The molecule has 0 amide bonds. The summed E-state index contributed by atoms with van der Waals surface area (Å²) in [6.45, 7) is 0.335. The number of rotatable bonds is 5. The maximum atomic E-state index is 13.6. The van der Waals surface area contributed by atoms with Gasteiger partial charge in [-0.15, -0.1) is 5.10 Å². The maximum absolute atomic E-state index is 13.6. The zero-order chi connectivity index (χ0) is 15.2. The fourth-order valence-electron chi connectivity index (χ4n) is 2.72. The molecule has 5 nitrogen and oxygen atoms in total. The molecule has 2 aromatic rings. The summed E-state index contributed by atoms with van der Waals surface area (Å²) < 4.78 is 13.6. The largest absolute Gasteiger partial charge is 0.366 e. The van der Waals surface area contributed by atoms with Crippen molar-refractivity contribution in [3.8, 4) is 0 Å². The number of benzene rings is 1. The lowest BCUT2D eigenvalue weighted by Crippen LogP contribution is -2.23.